The fraction of sp³-hybridized carbons (Fsp3) is 0.412. The number of benzene rings is 1. The van der Waals surface area contributed by atoms with Gasteiger partial charge < -0.3 is 10.1 Å². The lowest BCUT2D eigenvalue weighted by Crippen LogP contribution is -2.33. The van der Waals surface area contributed by atoms with Crippen LogP contribution in [0.3, 0.4) is 0 Å². The van der Waals surface area contributed by atoms with Crippen LogP contribution >= 0.6 is 0 Å². The molecule has 1 aromatic carbocycles. The number of aryl methyl sites for hydroxylation is 1. The van der Waals surface area contributed by atoms with Crippen LogP contribution in [0.5, 0.6) is 5.75 Å². The summed E-state index contributed by atoms with van der Waals surface area (Å²) in [5, 5.41) is 12.1. The number of hydrogen-bond acceptors (Lipinski definition) is 3. The maximum atomic E-state index is 12.1. The van der Waals surface area contributed by atoms with Crippen molar-refractivity contribution in [3.8, 4) is 11.8 Å². The maximum absolute atomic E-state index is 12.1. The van der Waals surface area contributed by atoms with Crippen LogP contribution in [0.2, 0.25) is 0 Å². The van der Waals surface area contributed by atoms with Crippen molar-refractivity contribution in [2.45, 2.75) is 38.6 Å². The first kappa shape index (κ1) is 15.1. The van der Waals surface area contributed by atoms with Crippen molar-refractivity contribution in [3.05, 3.63) is 34.9 Å². The summed E-state index contributed by atoms with van der Waals surface area (Å²) in [5.41, 5.74) is 1.94. The summed E-state index contributed by atoms with van der Waals surface area (Å²) in [6.07, 6.45) is 5.93. The van der Waals surface area contributed by atoms with Crippen molar-refractivity contribution in [1.82, 2.24) is 5.32 Å². The van der Waals surface area contributed by atoms with E-state index in [1.807, 2.05) is 31.2 Å². The van der Waals surface area contributed by atoms with Crippen molar-refractivity contribution in [2.75, 3.05) is 7.11 Å². The zero-order valence-corrected chi connectivity index (χ0v) is 12.5. The minimum atomic E-state index is -0.280. The Labute approximate surface area is 125 Å². The average Bonchev–Trinajstić information content (AvgIpc) is 2.97. The molecule has 4 nitrogen and oxygen atoms in total. The van der Waals surface area contributed by atoms with Crippen molar-refractivity contribution < 1.29 is 9.53 Å². The number of carbonyl (C=O) groups excluding carboxylic acids is 1. The molecule has 1 amide bonds. The first-order valence-electron chi connectivity index (χ1n) is 7.21. The van der Waals surface area contributed by atoms with Crippen LogP contribution < -0.4 is 10.1 Å². The molecule has 0 aliphatic heterocycles. The molecule has 0 atom stereocenters. The van der Waals surface area contributed by atoms with E-state index in [9.17, 15) is 10.1 Å². The van der Waals surface area contributed by atoms with Crippen LogP contribution in [0, 0.1) is 18.3 Å². The highest BCUT2D eigenvalue weighted by atomic mass is 16.5. The third kappa shape index (κ3) is 3.85. The Hall–Kier alpha value is -2.28. The van der Waals surface area contributed by atoms with E-state index < -0.39 is 0 Å². The fourth-order valence-corrected chi connectivity index (χ4v) is 2.64. The molecule has 0 spiro atoms. The van der Waals surface area contributed by atoms with Crippen LogP contribution in [-0.4, -0.2) is 19.1 Å². The number of ether oxygens (including phenoxy) is 1. The second kappa shape index (κ2) is 6.94. The fourth-order valence-electron chi connectivity index (χ4n) is 2.64. The largest absolute Gasteiger partial charge is 0.496 e. The van der Waals surface area contributed by atoms with Crippen LogP contribution in [0.15, 0.2) is 23.8 Å². The molecule has 2 rings (SSSR count). The Morgan fingerprint density at radius 3 is 2.71 bits per heavy atom. The molecular formula is C17H20N2O2. The van der Waals surface area contributed by atoms with E-state index in [1.165, 1.54) is 0 Å². The number of nitriles is 1. The quantitative estimate of drug-likeness (QED) is 0.683. The number of nitrogens with zero attached hydrogens (tertiary/aromatic N) is 1. The molecule has 1 aliphatic rings. The van der Waals surface area contributed by atoms with Crippen LogP contribution in [0.25, 0.3) is 6.08 Å². The molecule has 21 heavy (non-hydrogen) atoms. The number of nitrogens with one attached hydrogen (secondary N) is 1. The number of rotatable bonds is 4. The van der Waals surface area contributed by atoms with Gasteiger partial charge in [-0.05, 0) is 49.1 Å². The van der Waals surface area contributed by atoms with Gasteiger partial charge in [0.15, 0.2) is 0 Å². The van der Waals surface area contributed by atoms with E-state index >= 15 is 0 Å². The van der Waals surface area contributed by atoms with Crippen molar-refractivity contribution in [1.29, 1.82) is 5.26 Å². The molecule has 0 radical (unpaired) electrons. The van der Waals surface area contributed by atoms with E-state index in [0.29, 0.717) is 0 Å². The molecule has 4 heteroatoms. The van der Waals surface area contributed by atoms with Crippen LogP contribution in [0.1, 0.15) is 36.8 Å². The van der Waals surface area contributed by atoms with E-state index in [4.69, 9.17) is 4.74 Å². The Kier molecular flexibility index (Phi) is 4.99. The minimum absolute atomic E-state index is 0.145. The van der Waals surface area contributed by atoms with Crippen molar-refractivity contribution in [2.24, 2.45) is 0 Å². The van der Waals surface area contributed by atoms with Gasteiger partial charge in [-0.25, -0.2) is 0 Å². The summed E-state index contributed by atoms with van der Waals surface area (Å²) >= 11 is 0. The van der Waals surface area contributed by atoms with E-state index in [2.05, 4.69) is 5.32 Å². The first-order valence-corrected chi connectivity index (χ1v) is 7.21. The zero-order chi connectivity index (χ0) is 15.2. The molecule has 1 fully saturated rings. The monoisotopic (exact) mass is 284 g/mol. The predicted molar refractivity (Wildman–Crippen MR) is 81.7 cm³/mol. The van der Waals surface area contributed by atoms with Crippen molar-refractivity contribution in [3.63, 3.8) is 0 Å². The summed E-state index contributed by atoms with van der Waals surface area (Å²) < 4.78 is 5.20. The number of hydrogen-bond donors (Lipinski definition) is 1. The molecule has 0 aromatic heterocycles. The standard InChI is InChI=1S/C17H20N2O2/c1-12-9-13(7-8-16(12)21-2)10-14(11-18)17(20)19-15-5-3-4-6-15/h7-10,15H,3-6H2,1-2H3,(H,19,20)/b14-10+. The van der Waals surface area contributed by atoms with Gasteiger partial charge in [0.1, 0.15) is 17.4 Å². The molecule has 1 aromatic rings. The smallest absolute Gasteiger partial charge is 0.262 e. The summed E-state index contributed by atoms with van der Waals surface area (Å²) in [5.74, 6) is 0.513. The van der Waals surface area contributed by atoms with Gasteiger partial charge in [0.05, 0.1) is 7.11 Å². The Bertz CT molecular complexity index is 593. The molecule has 1 N–H and O–H groups in total. The second-order valence-corrected chi connectivity index (χ2v) is 5.35. The summed E-state index contributed by atoms with van der Waals surface area (Å²) in [6.45, 7) is 1.93. The van der Waals surface area contributed by atoms with Gasteiger partial charge >= 0.3 is 0 Å². The summed E-state index contributed by atoms with van der Waals surface area (Å²) in [6, 6.07) is 7.78. The number of methoxy groups -OCH3 is 1. The number of amides is 1. The summed E-state index contributed by atoms with van der Waals surface area (Å²) in [7, 11) is 1.62. The van der Waals surface area contributed by atoms with Gasteiger partial charge in [-0.2, -0.15) is 5.26 Å². The molecule has 1 saturated carbocycles. The van der Waals surface area contributed by atoms with Gasteiger partial charge in [-0.15, -0.1) is 0 Å². The topological polar surface area (TPSA) is 62.1 Å². The zero-order valence-electron chi connectivity index (χ0n) is 12.5. The van der Waals surface area contributed by atoms with E-state index in [-0.39, 0.29) is 17.5 Å². The summed E-state index contributed by atoms with van der Waals surface area (Å²) in [4.78, 5) is 12.1. The highest BCUT2D eigenvalue weighted by Gasteiger charge is 2.19. The highest BCUT2D eigenvalue weighted by Crippen LogP contribution is 2.21. The first-order chi connectivity index (χ1) is 10.1. The van der Waals surface area contributed by atoms with Gasteiger partial charge in [-0.3, -0.25) is 4.79 Å². The molecule has 110 valence electrons. The van der Waals surface area contributed by atoms with Crippen LogP contribution in [0.4, 0.5) is 0 Å². The van der Waals surface area contributed by atoms with Crippen LogP contribution in [-0.2, 0) is 4.79 Å². The van der Waals surface area contributed by atoms with Gasteiger partial charge in [-0.1, -0.05) is 18.9 Å². The van der Waals surface area contributed by atoms with E-state index in [0.717, 1.165) is 42.6 Å². The Morgan fingerprint density at radius 1 is 1.43 bits per heavy atom. The minimum Gasteiger partial charge on any atom is -0.496 e. The highest BCUT2D eigenvalue weighted by molar-refractivity contribution is 6.01. The normalized spacial score (nSPS) is 15.6. The Morgan fingerprint density at radius 2 is 2.14 bits per heavy atom. The number of carbonyl (C=O) groups is 1. The molecule has 0 unspecified atom stereocenters. The molecule has 0 heterocycles. The third-order valence-corrected chi connectivity index (χ3v) is 3.79. The van der Waals surface area contributed by atoms with Crippen molar-refractivity contribution >= 4 is 12.0 Å². The lowest BCUT2D eigenvalue weighted by molar-refractivity contribution is -0.117. The second-order valence-electron chi connectivity index (χ2n) is 5.35. The average molecular weight is 284 g/mol. The lowest BCUT2D eigenvalue weighted by Gasteiger charge is -2.11. The lowest BCUT2D eigenvalue weighted by atomic mass is 10.1. The molecule has 1 aliphatic carbocycles. The molecular weight excluding hydrogens is 264 g/mol. The van der Waals surface area contributed by atoms with E-state index in [1.54, 1.807) is 13.2 Å². The van der Waals surface area contributed by atoms with Gasteiger partial charge in [0.2, 0.25) is 0 Å². The SMILES string of the molecule is COc1ccc(/C=C(\C#N)C(=O)NC2CCCC2)cc1C. The van der Waals surface area contributed by atoms with Gasteiger partial charge in [0.25, 0.3) is 5.91 Å². The predicted octanol–water partition coefficient (Wildman–Crippen LogP) is 2.97. The van der Waals surface area contributed by atoms with Gasteiger partial charge in [0, 0.05) is 6.04 Å². The Balaban J connectivity index is 2.14. The maximum Gasteiger partial charge on any atom is 0.262 e. The molecule has 0 bridgehead atoms. The molecule has 0 saturated heterocycles. The third-order valence-electron chi connectivity index (χ3n) is 3.79.